The maximum absolute atomic E-state index is 6.40. The first-order valence-electron chi connectivity index (χ1n) is 8.17. The lowest BCUT2D eigenvalue weighted by Gasteiger charge is -2.30. The molecule has 1 aromatic heterocycles. The van der Waals surface area contributed by atoms with Gasteiger partial charge in [-0.25, -0.2) is 4.98 Å². The summed E-state index contributed by atoms with van der Waals surface area (Å²) in [4.78, 5) is 4.79. The van der Waals surface area contributed by atoms with Crippen molar-refractivity contribution in [1.29, 1.82) is 0 Å². The van der Waals surface area contributed by atoms with Crippen LogP contribution in [0.25, 0.3) is 11.0 Å². The number of imidazole rings is 1. The zero-order valence-electron chi connectivity index (χ0n) is 13.3. The van der Waals surface area contributed by atoms with Crippen molar-refractivity contribution < 1.29 is 0 Å². The Morgan fingerprint density at radius 2 is 2.10 bits per heavy atom. The van der Waals surface area contributed by atoms with Crippen LogP contribution in [0, 0.1) is 18.8 Å². The molecule has 1 aromatic carbocycles. The van der Waals surface area contributed by atoms with Crippen molar-refractivity contribution in [2.75, 3.05) is 0 Å². The number of fused-ring (bicyclic) bond motifs is 1. The first-order chi connectivity index (χ1) is 10.1. The fourth-order valence-corrected chi connectivity index (χ4v) is 3.94. The Balaban J connectivity index is 2.04. The molecule has 3 unspecified atom stereocenters. The van der Waals surface area contributed by atoms with Gasteiger partial charge in [0.2, 0.25) is 0 Å². The number of hydrogen-bond donors (Lipinski definition) is 0. The second-order valence-corrected chi connectivity index (χ2v) is 7.32. The van der Waals surface area contributed by atoms with Crippen LogP contribution >= 0.6 is 11.6 Å². The molecule has 0 N–H and O–H groups in total. The Morgan fingerprint density at radius 3 is 2.81 bits per heavy atom. The van der Waals surface area contributed by atoms with E-state index in [0.29, 0.717) is 0 Å². The van der Waals surface area contributed by atoms with Gasteiger partial charge in [-0.15, -0.1) is 11.6 Å². The van der Waals surface area contributed by atoms with Gasteiger partial charge >= 0.3 is 0 Å². The van der Waals surface area contributed by atoms with Gasteiger partial charge in [-0.3, -0.25) is 0 Å². The van der Waals surface area contributed by atoms with E-state index in [1.165, 1.54) is 36.8 Å². The lowest BCUT2D eigenvalue weighted by atomic mass is 9.80. The molecule has 3 rings (SSSR count). The zero-order valence-corrected chi connectivity index (χ0v) is 14.0. The minimum atomic E-state index is -0.0457. The summed E-state index contributed by atoms with van der Waals surface area (Å²) < 4.78 is 2.40. The molecule has 21 heavy (non-hydrogen) atoms. The van der Waals surface area contributed by atoms with Gasteiger partial charge < -0.3 is 4.57 Å². The molecule has 1 aliphatic rings. The SMILES string of the molecule is Cc1cccc2nc(C(C)Cl)n(CC3CCCCC3C)c12. The highest BCUT2D eigenvalue weighted by molar-refractivity contribution is 6.20. The average molecular weight is 305 g/mol. The van der Waals surface area contributed by atoms with E-state index in [-0.39, 0.29) is 5.38 Å². The van der Waals surface area contributed by atoms with Crippen molar-refractivity contribution >= 4 is 22.6 Å². The molecular weight excluding hydrogens is 280 g/mol. The van der Waals surface area contributed by atoms with E-state index >= 15 is 0 Å². The van der Waals surface area contributed by atoms with Crippen LogP contribution < -0.4 is 0 Å². The summed E-state index contributed by atoms with van der Waals surface area (Å²) in [6.07, 6.45) is 5.46. The Hall–Kier alpha value is -1.02. The highest BCUT2D eigenvalue weighted by atomic mass is 35.5. The third kappa shape index (κ3) is 2.83. The van der Waals surface area contributed by atoms with E-state index in [9.17, 15) is 0 Å². The summed E-state index contributed by atoms with van der Waals surface area (Å²) in [5.74, 6) is 2.59. The molecule has 114 valence electrons. The lowest BCUT2D eigenvalue weighted by Crippen LogP contribution is -2.23. The van der Waals surface area contributed by atoms with Crippen LogP contribution in [0.1, 0.15) is 56.3 Å². The number of aromatic nitrogens is 2. The van der Waals surface area contributed by atoms with E-state index in [2.05, 4.69) is 36.6 Å². The molecule has 3 heteroatoms. The number of hydrogen-bond acceptors (Lipinski definition) is 1. The van der Waals surface area contributed by atoms with Crippen LogP contribution in [0.3, 0.4) is 0 Å². The second kappa shape index (κ2) is 6.00. The summed E-state index contributed by atoms with van der Waals surface area (Å²) in [6.45, 7) is 7.67. The minimum absolute atomic E-state index is 0.0457. The Morgan fingerprint density at radius 1 is 1.33 bits per heavy atom. The lowest BCUT2D eigenvalue weighted by molar-refractivity contribution is 0.228. The number of rotatable bonds is 3. The number of aryl methyl sites for hydroxylation is 1. The second-order valence-electron chi connectivity index (χ2n) is 6.66. The van der Waals surface area contributed by atoms with Gasteiger partial charge in [0.15, 0.2) is 0 Å². The summed E-state index contributed by atoms with van der Waals surface area (Å²) in [5.41, 5.74) is 3.66. The molecule has 1 heterocycles. The summed E-state index contributed by atoms with van der Waals surface area (Å²) in [7, 11) is 0. The summed E-state index contributed by atoms with van der Waals surface area (Å²) >= 11 is 6.40. The highest BCUT2D eigenvalue weighted by Crippen LogP contribution is 2.34. The molecule has 1 fully saturated rings. The van der Waals surface area contributed by atoms with Crippen LogP contribution in [0.15, 0.2) is 18.2 Å². The summed E-state index contributed by atoms with van der Waals surface area (Å²) in [5, 5.41) is -0.0457. The van der Waals surface area contributed by atoms with Crippen LogP contribution in [0.4, 0.5) is 0 Å². The maximum atomic E-state index is 6.40. The number of halogens is 1. The van der Waals surface area contributed by atoms with Gasteiger partial charge in [0.1, 0.15) is 5.82 Å². The van der Waals surface area contributed by atoms with Crippen molar-refractivity contribution in [1.82, 2.24) is 9.55 Å². The van der Waals surface area contributed by atoms with Gasteiger partial charge in [0.25, 0.3) is 0 Å². The van der Waals surface area contributed by atoms with Crippen molar-refractivity contribution in [3.05, 3.63) is 29.6 Å². The highest BCUT2D eigenvalue weighted by Gasteiger charge is 2.25. The predicted octanol–water partition coefficient (Wildman–Crippen LogP) is 5.47. The van der Waals surface area contributed by atoms with E-state index in [0.717, 1.165) is 29.7 Å². The van der Waals surface area contributed by atoms with E-state index < -0.39 is 0 Å². The molecule has 0 aliphatic heterocycles. The van der Waals surface area contributed by atoms with Crippen molar-refractivity contribution in [3.63, 3.8) is 0 Å². The van der Waals surface area contributed by atoms with Crippen LogP contribution in [0.2, 0.25) is 0 Å². The van der Waals surface area contributed by atoms with Crippen molar-refractivity contribution in [3.8, 4) is 0 Å². The summed E-state index contributed by atoms with van der Waals surface area (Å²) in [6, 6.07) is 6.36. The van der Waals surface area contributed by atoms with E-state index in [4.69, 9.17) is 16.6 Å². The third-order valence-corrected chi connectivity index (χ3v) is 5.26. The Kier molecular flexibility index (Phi) is 4.26. The Labute approximate surface area is 132 Å². The number of alkyl halides is 1. The van der Waals surface area contributed by atoms with Gasteiger partial charge in [-0.05, 0) is 43.7 Å². The van der Waals surface area contributed by atoms with E-state index in [1.54, 1.807) is 0 Å². The quantitative estimate of drug-likeness (QED) is 0.687. The smallest absolute Gasteiger partial charge is 0.127 e. The molecule has 0 saturated heterocycles. The predicted molar refractivity (Wildman–Crippen MR) is 89.9 cm³/mol. The van der Waals surface area contributed by atoms with Gasteiger partial charge in [0.05, 0.1) is 16.4 Å². The zero-order chi connectivity index (χ0) is 15.0. The van der Waals surface area contributed by atoms with Gasteiger partial charge in [-0.2, -0.15) is 0 Å². The van der Waals surface area contributed by atoms with Crippen LogP contribution in [-0.2, 0) is 6.54 Å². The first kappa shape index (κ1) is 14.9. The van der Waals surface area contributed by atoms with Gasteiger partial charge in [0, 0.05) is 6.54 Å². The first-order valence-corrected chi connectivity index (χ1v) is 8.61. The third-order valence-electron chi connectivity index (χ3n) is 5.06. The van der Waals surface area contributed by atoms with Crippen LogP contribution in [-0.4, -0.2) is 9.55 Å². The topological polar surface area (TPSA) is 17.8 Å². The minimum Gasteiger partial charge on any atom is -0.326 e. The molecule has 0 amide bonds. The standard InChI is InChI=1S/C18H25ClN2/c1-12-7-4-5-9-15(12)11-21-17-13(2)8-6-10-16(17)20-18(21)14(3)19/h6,8,10,12,14-15H,4-5,7,9,11H2,1-3H3. The van der Waals surface area contributed by atoms with Crippen molar-refractivity contribution in [2.45, 2.75) is 58.4 Å². The largest absolute Gasteiger partial charge is 0.326 e. The fourth-order valence-electron chi connectivity index (χ4n) is 3.77. The molecule has 2 aromatic rings. The average Bonchev–Trinajstić information content (AvgIpc) is 2.82. The normalized spacial score (nSPS) is 24.4. The Bertz CT molecular complexity index is 629. The molecule has 1 aliphatic carbocycles. The monoisotopic (exact) mass is 304 g/mol. The molecule has 2 nitrogen and oxygen atoms in total. The molecular formula is C18H25ClN2. The number of para-hydroxylation sites is 1. The molecule has 0 bridgehead atoms. The fraction of sp³-hybridized carbons (Fsp3) is 0.611. The van der Waals surface area contributed by atoms with Crippen LogP contribution in [0.5, 0.6) is 0 Å². The molecule has 1 saturated carbocycles. The molecule has 0 radical (unpaired) electrons. The number of nitrogens with zero attached hydrogens (tertiary/aromatic N) is 2. The number of benzene rings is 1. The van der Waals surface area contributed by atoms with Gasteiger partial charge in [-0.1, -0.05) is 38.3 Å². The molecule has 0 spiro atoms. The van der Waals surface area contributed by atoms with Crippen molar-refractivity contribution in [2.24, 2.45) is 11.8 Å². The molecule has 3 atom stereocenters. The van der Waals surface area contributed by atoms with E-state index in [1.807, 2.05) is 6.92 Å². The maximum Gasteiger partial charge on any atom is 0.127 e.